The Morgan fingerprint density at radius 1 is 1.36 bits per heavy atom. The van der Waals surface area contributed by atoms with Gasteiger partial charge in [-0.05, 0) is 63.2 Å². The Hall–Kier alpha value is -1.62. The van der Waals surface area contributed by atoms with Crippen LogP contribution in [0.4, 0.5) is 5.82 Å². The molecule has 1 atom stereocenters. The molecule has 0 aromatic carbocycles. The summed E-state index contributed by atoms with van der Waals surface area (Å²) in [7, 11) is 0. The molecule has 3 heterocycles. The van der Waals surface area contributed by atoms with E-state index in [-0.39, 0.29) is 5.91 Å². The van der Waals surface area contributed by atoms with Gasteiger partial charge in [-0.15, -0.1) is 0 Å². The van der Waals surface area contributed by atoms with E-state index in [0.717, 1.165) is 45.0 Å². The summed E-state index contributed by atoms with van der Waals surface area (Å²) in [4.78, 5) is 19.1. The Labute approximate surface area is 132 Å². The molecule has 0 bridgehead atoms. The summed E-state index contributed by atoms with van der Waals surface area (Å²) in [5, 5.41) is 6.50. The van der Waals surface area contributed by atoms with Gasteiger partial charge in [-0.25, -0.2) is 4.98 Å². The van der Waals surface area contributed by atoms with Crippen LogP contribution >= 0.6 is 0 Å². The molecule has 22 heavy (non-hydrogen) atoms. The number of anilines is 1. The summed E-state index contributed by atoms with van der Waals surface area (Å²) in [5.74, 6) is 1.55. The van der Waals surface area contributed by atoms with Crippen molar-refractivity contribution in [2.24, 2.45) is 5.92 Å². The molecule has 1 aromatic rings. The van der Waals surface area contributed by atoms with Crippen molar-refractivity contribution in [3.8, 4) is 0 Å². The molecule has 2 N–H and O–H groups in total. The average Bonchev–Trinajstić information content (AvgIpc) is 3.10. The van der Waals surface area contributed by atoms with Crippen LogP contribution in [-0.4, -0.2) is 43.6 Å². The highest BCUT2D eigenvalue weighted by Crippen LogP contribution is 2.22. The van der Waals surface area contributed by atoms with Gasteiger partial charge >= 0.3 is 0 Å². The van der Waals surface area contributed by atoms with Crippen molar-refractivity contribution in [3.63, 3.8) is 0 Å². The van der Waals surface area contributed by atoms with E-state index in [4.69, 9.17) is 0 Å². The third-order valence-electron chi connectivity index (χ3n) is 4.67. The van der Waals surface area contributed by atoms with Crippen LogP contribution in [0.2, 0.25) is 0 Å². The lowest BCUT2D eigenvalue weighted by Gasteiger charge is -2.23. The minimum Gasteiger partial charge on any atom is -0.356 e. The lowest BCUT2D eigenvalue weighted by Crippen LogP contribution is -2.33. The highest BCUT2D eigenvalue weighted by molar-refractivity contribution is 5.98. The first-order valence-corrected chi connectivity index (χ1v) is 8.53. The second-order valence-corrected chi connectivity index (χ2v) is 6.33. The fraction of sp³-hybridized carbons (Fsp3) is 0.647. The Bertz CT molecular complexity index is 493. The van der Waals surface area contributed by atoms with Crippen LogP contribution < -0.4 is 15.5 Å². The van der Waals surface area contributed by atoms with Gasteiger partial charge < -0.3 is 15.5 Å². The van der Waals surface area contributed by atoms with Gasteiger partial charge in [0.05, 0.1) is 5.56 Å². The van der Waals surface area contributed by atoms with E-state index < -0.39 is 0 Å². The number of carbonyl (C=O) groups is 1. The zero-order valence-corrected chi connectivity index (χ0v) is 13.2. The average molecular weight is 302 g/mol. The number of aromatic nitrogens is 1. The van der Waals surface area contributed by atoms with Crippen LogP contribution in [0.5, 0.6) is 0 Å². The second kappa shape index (κ2) is 7.58. The van der Waals surface area contributed by atoms with E-state index in [2.05, 4.69) is 20.5 Å². The van der Waals surface area contributed by atoms with Crippen molar-refractivity contribution in [2.45, 2.75) is 32.1 Å². The van der Waals surface area contributed by atoms with Crippen LogP contribution in [0.1, 0.15) is 42.5 Å². The maximum Gasteiger partial charge on any atom is 0.255 e. The fourth-order valence-electron chi connectivity index (χ4n) is 3.41. The van der Waals surface area contributed by atoms with Crippen LogP contribution in [0.15, 0.2) is 18.3 Å². The van der Waals surface area contributed by atoms with E-state index in [1.807, 2.05) is 12.1 Å². The normalized spacial score (nSPS) is 21.8. The lowest BCUT2D eigenvalue weighted by atomic mass is 9.96. The highest BCUT2D eigenvalue weighted by Gasteiger charge is 2.20. The maximum atomic E-state index is 12.5. The number of hydrogen-bond donors (Lipinski definition) is 2. The number of amides is 1. The van der Waals surface area contributed by atoms with E-state index in [1.165, 1.54) is 25.7 Å². The number of piperidine rings is 1. The summed E-state index contributed by atoms with van der Waals surface area (Å²) >= 11 is 0. The monoisotopic (exact) mass is 302 g/mol. The molecule has 1 amide bonds. The topological polar surface area (TPSA) is 57.3 Å². The first-order valence-electron chi connectivity index (χ1n) is 8.53. The molecule has 0 aliphatic carbocycles. The van der Waals surface area contributed by atoms with E-state index >= 15 is 0 Å². The Balaban J connectivity index is 1.55. The first-order chi connectivity index (χ1) is 10.8. The van der Waals surface area contributed by atoms with E-state index in [9.17, 15) is 4.79 Å². The molecular weight excluding hydrogens is 276 g/mol. The van der Waals surface area contributed by atoms with Gasteiger partial charge in [-0.3, -0.25) is 4.79 Å². The molecule has 1 unspecified atom stereocenters. The number of nitrogens with zero attached hydrogens (tertiary/aromatic N) is 2. The van der Waals surface area contributed by atoms with Gasteiger partial charge in [0.2, 0.25) is 0 Å². The number of nitrogens with one attached hydrogen (secondary N) is 2. The third kappa shape index (κ3) is 3.77. The predicted molar refractivity (Wildman–Crippen MR) is 88.2 cm³/mol. The molecular formula is C17H26N4O. The molecule has 0 spiro atoms. The predicted octanol–water partition coefficient (Wildman–Crippen LogP) is 1.80. The van der Waals surface area contributed by atoms with Crippen LogP contribution in [0.3, 0.4) is 0 Å². The van der Waals surface area contributed by atoms with Crippen LogP contribution in [0, 0.1) is 5.92 Å². The molecule has 0 radical (unpaired) electrons. The van der Waals surface area contributed by atoms with E-state index in [0.29, 0.717) is 11.5 Å². The smallest absolute Gasteiger partial charge is 0.255 e. The molecule has 5 nitrogen and oxygen atoms in total. The molecule has 2 aliphatic rings. The zero-order chi connectivity index (χ0) is 15.2. The summed E-state index contributed by atoms with van der Waals surface area (Å²) < 4.78 is 0. The lowest BCUT2D eigenvalue weighted by molar-refractivity contribution is 0.0951. The minimum absolute atomic E-state index is 0.0127. The van der Waals surface area contributed by atoms with Crippen LogP contribution in [-0.2, 0) is 0 Å². The zero-order valence-electron chi connectivity index (χ0n) is 13.2. The summed E-state index contributed by atoms with van der Waals surface area (Å²) in [6.45, 7) is 4.98. The third-order valence-corrected chi connectivity index (χ3v) is 4.67. The minimum atomic E-state index is 0.0127. The van der Waals surface area contributed by atoms with Crippen LogP contribution in [0.25, 0.3) is 0 Å². The molecule has 120 valence electrons. The number of rotatable bonds is 5. The molecule has 0 saturated carbocycles. The summed E-state index contributed by atoms with van der Waals surface area (Å²) in [5.41, 5.74) is 0.714. The summed E-state index contributed by atoms with van der Waals surface area (Å²) in [6.07, 6.45) is 7.73. The quantitative estimate of drug-likeness (QED) is 0.871. The van der Waals surface area contributed by atoms with Gasteiger partial charge in [0.15, 0.2) is 0 Å². The Kier molecular flexibility index (Phi) is 5.27. The van der Waals surface area contributed by atoms with E-state index in [1.54, 1.807) is 6.20 Å². The van der Waals surface area contributed by atoms with Gasteiger partial charge in [-0.2, -0.15) is 0 Å². The Morgan fingerprint density at radius 2 is 2.23 bits per heavy atom. The largest absolute Gasteiger partial charge is 0.356 e. The molecule has 2 fully saturated rings. The first kappa shape index (κ1) is 15.3. The second-order valence-electron chi connectivity index (χ2n) is 6.33. The van der Waals surface area contributed by atoms with Gasteiger partial charge in [-0.1, -0.05) is 0 Å². The van der Waals surface area contributed by atoms with Gasteiger partial charge in [0, 0.05) is 25.8 Å². The SMILES string of the molecule is O=C(NCCC1CCCNC1)c1cccnc1N1CCCC1. The molecule has 3 rings (SSSR count). The Morgan fingerprint density at radius 3 is 3.00 bits per heavy atom. The maximum absolute atomic E-state index is 12.5. The number of hydrogen-bond acceptors (Lipinski definition) is 4. The number of pyridine rings is 1. The molecule has 2 saturated heterocycles. The fourth-order valence-corrected chi connectivity index (χ4v) is 3.41. The van der Waals surface area contributed by atoms with Crippen molar-refractivity contribution in [1.29, 1.82) is 0 Å². The molecule has 2 aliphatic heterocycles. The van der Waals surface area contributed by atoms with Crippen molar-refractivity contribution >= 4 is 11.7 Å². The highest BCUT2D eigenvalue weighted by atomic mass is 16.1. The molecule has 1 aromatic heterocycles. The number of carbonyl (C=O) groups excluding carboxylic acids is 1. The van der Waals surface area contributed by atoms with Crippen molar-refractivity contribution in [1.82, 2.24) is 15.6 Å². The van der Waals surface area contributed by atoms with Gasteiger partial charge in [0.25, 0.3) is 5.91 Å². The van der Waals surface area contributed by atoms with Crippen molar-refractivity contribution < 1.29 is 4.79 Å². The van der Waals surface area contributed by atoms with Gasteiger partial charge in [0.1, 0.15) is 5.82 Å². The standard InChI is InChI=1S/C17H26N4O/c22-17(20-10-7-14-5-3-8-18-13-14)15-6-4-9-19-16(15)21-11-1-2-12-21/h4,6,9,14,18H,1-3,5,7-8,10-13H2,(H,20,22). The van der Waals surface area contributed by atoms with Crippen molar-refractivity contribution in [3.05, 3.63) is 23.9 Å². The molecule has 5 heteroatoms. The summed E-state index contributed by atoms with van der Waals surface area (Å²) in [6, 6.07) is 3.73. The van der Waals surface area contributed by atoms with Crippen molar-refractivity contribution in [2.75, 3.05) is 37.6 Å².